The van der Waals surface area contributed by atoms with Crippen LogP contribution in [0.2, 0.25) is 5.02 Å². The quantitative estimate of drug-likeness (QED) is 0.800. The molecular formula is C15H15BrClNO3. The van der Waals surface area contributed by atoms with Crippen molar-refractivity contribution in [2.24, 2.45) is 0 Å². The average Bonchev–Trinajstić information content (AvgIpc) is 2.97. The summed E-state index contributed by atoms with van der Waals surface area (Å²) in [5.41, 5.74) is 0.874. The molecule has 1 heterocycles. The largest absolute Gasteiger partial charge is 0.463 e. The molecule has 1 atom stereocenters. The molecule has 0 amide bonds. The van der Waals surface area contributed by atoms with E-state index in [0.29, 0.717) is 10.8 Å². The lowest BCUT2D eigenvalue weighted by Crippen LogP contribution is -2.22. The van der Waals surface area contributed by atoms with Crippen LogP contribution in [0.4, 0.5) is 0 Å². The van der Waals surface area contributed by atoms with Crippen molar-refractivity contribution >= 4 is 33.5 Å². The molecule has 0 saturated heterocycles. The van der Waals surface area contributed by atoms with Crippen LogP contribution < -0.4 is 5.32 Å². The molecule has 2 rings (SSSR count). The third kappa shape index (κ3) is 3.48. The van der Waals surface area contributed by atoms with Crippen molar-refractivity contribution in [3.63, 3.8) is 0 Å². The predicted octanol–water partition coefficient (Wildman–Crippen LogP) is 4.18. The standard InChI is InChI=1S/C15H15BrClNO3/c1-3-18-14(9-5-4-6-10(16)13(9)17)11-7-8-12(21-11)15(19)20-2/h4-8,14,18H,3H2,1-2H3. The Hall–Kier alpha value is -1.30. The zero-order valence-corrected chi connectivity index (χ0v) is 14.0. The molecule has 2 aromatic rings. The maximum atomic E-state index is 11.5. The van der Waals surface area contributed by atoms with Gasteiger partial charge in [0.15, 0.2) is 0 Å². The van der Waals surface area contributed by atoms with E-state index in [-0.39, 0.29) is 11.8 Å². The Morgan fingerprint density at radius 1 is 1.43 bits per heavy atom. The van der Waals surface area contributed by atoms with Crippen molar-refractivity contribution in [1.29, 1.82) is 0 Å². The van der Waals surface area contributed by atoms with Gasteiger partial charge in [-0.15, -0.1) is 0 Å². The summed E-state index contributed by atoms with van der Waals surface area (Å²) >= 11 is 9.76. The number of nitrogens with one attached hydrogen (secondary N) is 1. The van der Waals surface area contributed by atoms with Gasteiger partial charge in [-0.3, -0.25) is 0 Å². The third-order valence-corrected chi connectivity index (χ3v) is 4.31. The van der Waals surface area contributed by atoms with Gasteiger partial charge >= 0.3 is 5.97 Å². The van der Waals surface area contributed by atoms with Crippen LogP contribution in [0.5, 0.6) is 0 Å². The van der Waals surface area contributed by atoms with E-state index in [0.717, 1.165) is 16.6 Å². The summed E-state index contributed by atoms with van der Waals surface area (Å²) in [7, 11) is 1.32. The second kappa shape index (κ2) is 7.11. The van der Waals surface area contributed by atoms with E-state index in [2.05, 4.69) is 26.0 Å². The number of halogens is 2. The lowest BCUT2D eigenvalue weighted by molar-refractivity contribution is 0.0562. The summed E-state index contributed by atoms with van der Waals surface area (Å²) in [4.78, 5) is 11.5. The number of rotatable bonds is 5. The Kier molecular flexibility index (Phi) is 5.45. The molecule has 1 aromatic heterocycles. The fraction of sp³-hybridized carbons (Fsp3) is 0.267. The number of carbonyl (C=O) groups excluding carboxylic acids is 1. The zero-order chi connectivity index (χ0) is 15.4. The molecule has 0 saturated carbocycles. The summed E-state index contributed by atoms with van der Waals surface area (Å²) in [5.74, 6) is 0.274. The first-order valence-electron chi connectivity index (χ1n) is 6.43. The number of hydrogen-bond donors (Lipinski definition) is 1. The molecule has 1 unspecified atom stereocenters. The highest BCUT2D eigenvalue weighted by atomic mass is 79.9. The van der Waals surface area contributed by atoms with Gasteiger partial charge in [0, 0.05) is 4.47 Å². The smallest absolute Gasteiger partial charge is 0.373 e. The van der Waals surface area contributed by atoms with Crippen LogP contribution in [-0.2, 0) is 4.74 Å². The van der Waals surface area contributed by atoms with Crippen LogP contribution in [0.15, 0.2) is 39.2 Å². The Bertz CT molecular complexity index is 642. The van der Waals surface area contributed by atoms with E-state index in [4.69, 9.17) is 16.0 Å². The van der Waals surface area contributed by atoms with Crippen molar-refractivity contribution in [1.82, 2.24) is 5.32 Å². The van der Waals surface area contributed by atoms with Crippen molar-refractivity contribution in [3.8, 4) is 0 Å². The number of furan rings is 1. The zero-order valence-electron chi connectivity index (χ0n) is 11.7. The van der Waals surface area contributed by atoms with Crippen LogP contribution in [0, 0.1) is 0 Å². The molecule has 4 nitrogen and oxygen atoms in total. The SMILES string of the molecule is CCNC(c1ccc(C(=O)OC)o1)c1cccc(Br)c1Cl. The summed E-state index contributed by atoms with van der Waals surface area (Å²) in [6.45, 7) is 2.71. The van der Waals surface area contributed by atoms with Gasteiger partial charge in [-0.25, -0.2) is 4.79 Å². The Morgan fingerprint density at radius 2 is 2.19 bits per heavy atom. The van der Waals surface area contributed by atoms with Gasteiger partial charge in [-0.2, -0.15) is 0 Å². The summed E-state index contributed by atoms with van der Waals surface area (Å²) < 4.78 is 11.1. The highest BCUT2D eigenvalue weighted by Crippen LogP contribution is 2.34. The highest BCUT2D eigenvalue weighted by Gasteiger charge is 2.22. The number of methoxy groups -OCH3 is 1. The minimum atomic E-state index is -0.503. The van der Waals surface area contributed by atoms with Gasteiger partial charge in [0.05, 0.1) is 18.2 Å². The fourth-order valence-electron chi connectivity index (χ4n) is 2.03. The van der Waals surface area contributed by atoms with Crippen molar-refractivity contribution in [2.45, 2.75) is 13.0 Å². The van der Waals surface area contributed by atoms with Gasteiger partial charge < -0.3 is 14.5 Å². The Morgan fingerprint density at radius 3 is 2.86 bits per heavy atom. The predicted molar refractivity (Wildman–Crippen MR) is 84.7 cm³/mol. The van der Waals surface area contributed by atoms with Crippen LogP contribution in [0.3, 0.4) is 0 Å². The van der Waals surface area contributed by atoms with Crippen molar-refractivity contribution in [2.75, 3.05) is 13.7 Å². The second-order valence-electron chi connectivity index (χ2n) is 4.33. The van der Waals surface area contributed by atoms with Crippen molar-refractivity contribution < 1.29 is 13.9 Å². The fourth-order valence-corrected chi connectivity index (χ4v) is 2.65. The molecule has 0 aliphatic rings. The molecule has 0 aliphatic heterocycles. The minimum Gasteiger partial charge on any atom is -0.463 e. The highest BCUT2D eigenvalue weighted by molar-refractivity contribution is 9.10. The molecule has 21 heavy (non-hydrogen) atoms. The number of carbonyl (C=O) groups is 1. The van der Waals surface area contributed by atoms with Crippen molar-refractivity contribution in [3.05, 3.63) is 56.9 Å². The number of benzene rings is 1. The van der Waals surface area contributed by atoms with Crippen LogP contribution in [0.1, 0.15) is 34.8 Å². The Labute approximate surface area is 136 Å². The van der Waals surface area contributed by atoms with Crippen LogP contribution >= 0.6 is 27.5 Å². The van der Waals surface area contributed by atoms with E-state index in [1.807, 2.05) is 25.1 Å². The molecule has 0 aliphatic carbocycles. The van der Waals surface area contributed by atoms with Gasteiger partial charge in [-0.05, 0) is 46.2 Å². The number of esters is 1. The van der Waals surface area contributed by atoms with Gasteiger partial charge in [0.1, 0.15) is 5.76 Å². The van der Waals surface area contributed by atoms with E-state index in [9.17, 15) is 4.79 Å². The summed E-state index contributed by atoms with van der Waals surface area (Å²) in [5, 5.41) is 3.91. The van der Waals surface area contributed by atoms with E-state index < -0.39 is 5.97 Å². The molecule has 0 radical (unpaired) electrons. The van der Waals surface area contributed by atoms with E-state index in [1.54, 1.807) is 12.1 Å². The molecule has 0 bridgehead atoms. The number of ether oxygens (including phenoxy) is 1. The first-order chi connectivity index (χ1) is 10.1. The molecular weight excluding hydrogens is 358 g/mol. The lowest BCUT2D eigenvalue weighted by Gasteiger charge is -2.18. The van der Waals surface area contributed by atoms with Gasteiger partial charge in [-0.1, -0.05) is 30.7 Å². The first kappa shape index (κ1) is 16.1. The van der Waals surface area contributed by atoms with Crippen LogP contribution in [-0.4, -0.2) is 19.6 Å². The molecule has 0 spiro atoms. The lowest BCUT2D eigenvalue weighted by atomic mass is 10.0. The topological polar surface area (TPSA) is 51.5 Å². The second-order valence-corrected chi connectivity index (χ2v) is 5.56. The van der Waals surface area contributed by atoms with Crippen LogP contribution in [0.25, 0.3) is 0 Å². The summed E-state index contributed by atoms with van der Waals surface area (Å²) in [6, 6.07) is 8.80. The minimum absolute atomic E-state index is 0.168. The third-order valence-electron chi connectivity index (χ3n) is 3.00. The molecule has 1 aromatic carbocycles. The molecule has 6 heteroatoms. The normalized spacial score (nSPS) is 12.2. The van der Waals surface area contributed by atoms with Gasteiger partial charge in [0.2, 0.25) is 5.76 Å². The molecule has 112 valence electrons. The van der Waals surface area contributed by atoms with E-state index in [1.165, 1.54) is 7.11 Å². The average molecular weight is 373 g/mol. The monoisotopic (exact) mass is 371 g/mol. The maximum absolute atomic E-state index is 11.5. The first-order valence-corrected chi connectivity index (χ1v) is 7.61. The number of hydrogen-bond acceptors (Lipinski definition) is 4. The Balaban J connectivity index is 2.41. The van der Waals surface area contributed by atoms with E-state index >= 15 is 0 Å². The maximum Gasteiger partial charge on any atom is 0.373 e. The molecule has 1 N–H and O–H groups in total. The van der Waals surface area contributed by atoms with Gasteiger partial charge in [0.25, 0.3) is 0 Å². The molecule has 0 fully saturated rings. The summed E-state index contributed by atoms with van der Waals surface area (Å²) in [6.07, 6.45) is 0.